The lowest BCUT2D eigenvalue weighted by atomic mass is 9.93. The van der Waals surface area contributed by atoms with Crippen molar-refractivity contribution < 1.29 is 0 Å². The largest absolute Gasteiger partial charge is 0.313 e. The lowest BCUT2D eigenvalue weighted by Crippen LogP contribution is -2.38. The van der Waals surface area contributed by atoms with E-state index in [-0.39, 0.29) is 0 Å². The van der Waals surface area contributed by atoms with Crippen LogP contribution in [0.25, 0.3) is 0 Å². The zero-order chi connectivity index (χ0) is 15.1. The molecule has 0 amide bonds. The van der Waals surface area contributed by atoms with Gasteiger partial charge in [0.05, 0.1) is 16.4 Å². The maximum Gasteiger partial charge on any atom is 0.0850 e. The Balaban J connectivity index is 2.85. The maximum atomic E-state index is 6.48. The Labute approximate surface area is 129 Å². The highest BCUT2D eigenvalue weighted by molar-refractivity contribution is 6.31. The first-order valence-corrected chi connectivity index (χ1v) is 8.36. The Morgan fingerprint density at radius 1 is 1.25 bits per heavy atom. The minimum Gasteiger partial charge on any atom is -0.313 e. The van der Waals surface area contributed by atoms with E-state index in [9.17, 15) is 0 Å². The summed E-state index contributed by atoms with van der Waals surface area (Å²) in [7, 11) is 2.00. The van der Waals surface area contributed by atoms with E-state index in [1.165, 1.54) is 18.5 Å². The van der Waals surface area contributed by atoms with Crippen LogP contribution in [0.2, 0.25) is 5.02 Å². The zero-order valence-corrected chi connectivity index (χ0v) is 14.4. The van der Waals surface area contributed by atoms with Gasteiger partial charge in [-0.2, -0.15) is 5.10 Å². The molecule has 0 aromatic carbocycles. The Morgan fingerprint density at radius 3 is 2.45 bits per heavy atom. The van der Waals surface area contributed by atoms with Crippen LogP contribution in [0.4, 0.5) is 0 Å². The molecule has 0 saturated heterocycles. The van der Waals surface area contributed by atoms with Crippen molar-refractivity contribution in [1.29, 1.82) is 0 Å². The number of hydrogen-bond acceptors (Lipinski definition) is 2. The first kappa shape index (κ1) is 17.5. The predicted octanol–water partition coefficient (Wildman–Crippen LogP) is 3.98. The highest BCUT2D eigenvalue weighted by Crippen LogP contribution is 2.24. The molecule has 1 rings (SSSR count). The van der Waals surface area contributed by atoms with Crippen LogP contribution in [0.3, 0.4) is 0 Å². The van der Waals surface area contributed by atoms with Gasteiger partial charge in [-0.1, -0.05) is 45.7 Å². The monoisotopic (exact) mass is 299 g/mol. The normalized spacial score (nSPS) is 14.5. The van der Waals surface area contributed by atoms with E-state index in [0.717, 1.165) is 36.5 Å². The van der Waals surface area contributed by atoms with Crippen molar-refractivity contribution in [2.24, 2.45) is 13.0 Å². The first-order chi connectivity index (χ1) is 9.54. The Kier molecular flexibility index (Phi) is 7.60. The maximum absolute atomic E-state index is 6.48. The molecule has 0 bridgehead atoms. The van der Waals surface area contributed by atoms with E-state index in [4.69, 9.17) is 11.6 Å². The van der Waals surface area contributed by atoms with Crippen molar-refractivity contribution in [2.45, 2.75) is 65.8 Å². The molecule has 2 atom stereocenters. The highest BCUT2D eigenvalue weighted by atomic mass is 35.5. The van der Waals surface area contributed by atoms with Crippen LogP contribution in [0, 0.1) is 5.92 Å². The Bertz CT molecular complexity index is 401. The summed E-state index contributed by atoms with van der Waals surface area (Å²) in [6.45, 7) is 9.96. The number of aryl methyl sites for hydroxylation is 2. The van der Waals surface area contributed by atoms with E-state index >= 15 is 0 Å². The third-order valence-corrected chi connectivity index (χ3v) is 4.44. The van der Waals surface area contributed by atoms with Crippen molar-refractivity contribution in [2.75, 3.05) is 6.54 Å². The molecule has 116 valence electrons. The quantitative estimate of drug-likeness (QED) is 0.747. The second-order valence-corrected chi connectivity index (χ2v) is 6.09. The van der Waals surface area contributed by atoms with Gasteiger partial charge in [-0.15, -0.1) is 0 Å². The first-order valence-electron chi connectivity index (χ1n) is 7.98. The molecule has 0 spiro atoms. The molecule has 0 fully saturated rings. The van der Waals surface area contributed by atoms with Crippen molar-refractivity contribution in [1.82, 2.24) is 15.1 Å². The molecule has 0 aliphatic carbocycles. The van der Waals surface area contributed by atoms with Crippen LogP contribution in [0.15, 0.2) is 0 Å². The van der Waals surface area contributed by atoms with Gasteiger partial charge in [0.1, 0.15) is 0 Å². The van der Waals surface area contributed by atoms with Gasteiger partial charge in [0.25, 0.3) is 0 Å². The van der Waals surface area contributed by atoms with Gasteiger partial charge in [0.15, 0.2) is 0 Å². The standard InChI is InChI=1S/C16H30ClN3/c1-6-9-12(4)14(18-10-7-2)11-15-16(17)13(8-3)19-20(15)5/h12,14,18H,6-11H2,1-5H3. The van der Waals surface area contributed by atoms with E-state index < -0.39 is 0 Å². The Morgan fingerprint density at radius 2 is 1.95 bits per heavy atom. The molecular weight excluding hydrogens is 270 g/mol. The molecule has 1 N–H and O–H groups in total. The van der Waals surface area contributed by atoms with Crippen LogP contribution >= 0.6 is 11.6 Å². The molecule has 2 unspecified atom stereocenters. The smallest absolute Gasteiger partial charge is 0.0850 e. The van der Waals surface area contributed by atoms with E-state index in [0.29, 0.717) is 12.0 Å². The van der Waals surface area contributed by atoms with Crippen molar-refractivity contribution in [3.63, 3.8) is 0 Å². The number of nitrogens with zero attached hydrogens (tertiary/aromatic N) is 2. The van der Waals surface area contributed by atoms with Crippen LogP contribution in [0.5, 0.6) is 0 Å². The van der Waals surface area contributed by atoms with Crippen LogP contribution in [-0.2, 0) is 19.9 Å². The average Bonchev–Trinajstić information content (AvgIpc) is 2.70. The van der Waals surface area contributed by atoms with E-state index in [2.05, 4.69) is 38.1 Å². The summed E-state index contributed by atoms with van der Waals surface area (Å²) in [6, 6.07) is 0.479. The van der Waals surface area contributed by atoms with Gasteiger partial charge in [0, 0.05) is 19.5 Å². The predicted molar refractivity (Wildman–Crippen MR) is 87.5 cm³/mol. The fourth-order valence-corrected chi connectivity index (χ4v) is 3.08. The van der Waals surface area contributed by atoms with Crippen LogP contribution in [0.1, 0.15) is 58.3 Å². The lowest BCUT2D eigenvalue weighted by Gasteiger charge is -2.25. The van der Waals surface area contributed by atoms with E-state index in [1.54, 1.807) is 0 Å². The summed E-state index contributed by atoms with van der Waals surface area (Å²) < 4.78 is 1.96. The van der Waals surface area contributed by atoms with Crippen molar-refractivity contribution >= 4 is 11.6 Å². The molecule has 1 aromatic rings. The van der Waals surface area contributed by atoms with Gasteiger partial charge >= 0.3 is 0 Å². The number of rotatable bonds is 9. The van der Waals surface area contributed by atoms with Crippen LogP contribution < -0.4 is 5.32 Å². The SMILES string of the molecule is CCCNC(Cc1c(Cl)c(CC)nn1C)C(C)CCC. The zero-order valence-electron chi connectivity index (χ0n) is 13.7. The number of hydrogen-bond donors (Lipinski definition) is 1. The molecule has 0 radical (unpaired) electrons. The number of aromatic nitrogens is 2. The number of nitrogens with one attached hydrogen (secondary N) is 1. The van der Waals surface area contributed by atoms with Gasteiger partial charge in [-0.3, -0.25) is 4.68 Å². The molecule has 4 heteroatoms. The lowest BCUT2D eigenvalue weighted by molar-refractivity contribution is 0.347. The topological polar surface area (TPSA) is 29.9 Å². The Hall–Kier alpha value is -0.540. The van der Waals surface area contributed by atoms with Gasteiger partial charge in [-0.05, 0) is 31.7 Å². The van der Waals surface area contributed by atoms with E-state index in [1.807, 2.05) is 11.7 Å². The summed E-state index contributed by atoms with van der Waals surface area (Å²) in [5.74, 6) is 0.655. The summed E-state index contributed by atoms with van der Waals surface area (Å²) in [5, 5.41) is 9.07. The molecule has 3 nitrogen and oxygen atoms in total. The molecule has 0 aliphatic rings. The minimum atomic E-state index is 0.479. The summed E-state index contributed by atoms with van der Waals surface area (Å²) >= 11 is 6.48. The van der Waals surface area contributed by atoms with Crippen molar-refractivity contribution in [3.05, 3.63) is 16.4 Å². The minimum absolute atomic E-state index is 0.479. The van der Waals surface area contributed by atoms with Gasteiger partial charge in [-0.25, -0.2) is 0 Å². The third kappa shape index (κ3) is 4.49. The summed E-state index contributed by atoms with van der Waals surface area (Å²) in [6.07, 6.45) is 5.49. The van der Waals surface area contributed by atoms with Gasteiger partial charge < -0.3 is 5.32 Å². The molecule has 0 aliphatic heterocycles. The second-order valence-electron chi connectivity index (χ2n) is 5.72. The second kappa shape index (κ2) is 8.68. The fourth-order valence-electron chi connectivity index (χ4n) is 2.71. The highest BCUT2D eigenvalue weighted by Gasteiger charge is 2.21. The third-order valence-electron chi connectivity index (χ3n) is 4.00. The summed E-state index contributed by atoms with van der Waals surface area (Å²) in [4.78, 5) is 0. The molecule has 1 heterocycles. The number of halogens is 1. The van der Waals surface area contributed by atoms with Crippen LogP contribution in [-0.4, -0.2) is 22.4 Å². The molecular formula is C16H30ClN3. The summed E-state index contributed by atoms with van der Waals surface area (Å²) in [5.41, 5.74) is 2.18. The van der Waals surface area contributed by atoms with Gasteiger partial charge in [0.2, 0.25) is 0 Å². The fraction of sp³-hybridized carbons (Fsp3) is 0.812. The van der Waals surface area contributed by atoms with Crippen molar-refractivity contribution in [3.8, 4) is 0 Å². The molecule has 20 heavy (non-hydrogen) atoms. The molecule has 0 saturated carbocycles. The average molecular weight is 300 g/mol. The molecule has 1 aromatic heterocycles.